The summed E-state index contributed by atoms with van der Waals surface area (Å²) in [4.78, 5) is 4.74. The summed E-state index contributed by atoms with van der Waals surface area (Å²) in [6.45, 7) is 0. The molecule has 3 nitrogen and oxygen atoms in total. The van der Waals surface area contributed by atoms with Crippen molar-refractivity contribution in [1.82, 2.24) is 0 Å². The van der Waals surface area contributed by atoms with Gasteiger partial charge in [0.2, 0.25) is 0 Å². The quantitative estimate of drug-likeness (QED) is 0.157. The van der Waals surface area contributed by atoms with Crippen LogP contribution in [0.4, 0.5) is 34.1 Å². The summed E-state index contributed by atoms with van der Waals surface area (Å²) in [6.07, 6.45) is 0. The Labute approximate surface area is 320 Å². The average Bonchev–Trinajstić information content (AvgIpc) is 3.65. The highest BCUT2D eigenvalue weighted by atomic mass is 16.3. The zero-order valence-corrected chi connectivity index (χ0v) is 30.1. The highest BCUT2D eigenvalue weighted by Gasteiger charge is 2.25. The molecule has 0 unspecified atom stereocenters. The zero-order chi connectivity index (χ0) is 36.6. The maximum absolute atomic E-state index is 6.92. The Morgan fingerprint density at radius 1 is 0.309 bits per heavy atom. The molecule has 9 aromatic carbocycles. The van der Waals surface area contributed by atoms with Crippen molar-refractivity contribution in [2.24, 2.45) is 0 Å². The summed E-state index contributed by atoms with van der Waals surface area (Å²) >= 11 is 0. The number of para-hydroxylation sites is 3. The number of benzene rings is 9. The highest BCUT2D eigenvalue weighted by Crippen LogP contribution is 2.49. The Kier molecular flexibility index (Phi) is 8.16. The van der Waals surface area contributed by atoms with Gasteiger partial charge in [-0.05, 0) is 82.1 Å². The van der Waals surface area contributed by atoms with Gasteiger partial charge in [-0.1, -0.05) is 158 Å². The van der Waals surface area contributed by atoms with Gasteiger partial charge in [-0.2, -0.15) is 0 Å². The predicted octanol–water partition coefficient (Wildman–Crippen LogP) is 15.0. The summed E-state index contributed by atoms with van der Waals surface area (Å²) in [5, 5.41) is 4.51. The molecule has 0 aliphatic heterocycles. The third-order valence-corrected chi connectivity index (χ3v) is 10.4. The summed E-state index contributed by atoms with van der Waals surface area (Å²) in [5.74, 6) is 0. The first-order chi connectivity index (χ1) is 27.3. The fraction of sp³-hybridized carbons (Fsp3) is 0. The van der Waals surface area contributed by atoms with Crippen LogP contribution >= 0.6 is 0 Å². The highest BCUT2D eigenvalue weighted by molar-refractivity contribution is 6.24. The van der Waals surface area contributed by atoms with Crippen LogP contribution in [0.15, 0.2) is 223 Å². The molecule has 1 heterocycles. The molecule has 0 bridgehead atoms. The predicted molar refractivity (Wildman–Crippen MR) is 231 cm³/mol. The fourth-order valence-corrected chi connectivity index (χ4v) is 7.91. The molecule has 0 spiro atoms. The lowest BCUT2D eigenvalue weighted by Crippen LogP contribution is -2.14. The van der Waals surface area contributed by atoms with E-state index in [1.54, 1.807) is 0 Å². The third-order valence-electron chi connectivity index (χ3n) is 10.4. The van der Waals surface area contributed by atoms with Gasteiger partial charge in [0.25, 0.3) is 0 Å². The molecule has 0 radical (unpaired) electrons. The molecule has 0 fully saturated rings. The van der Waals surface area contributed by atoms with Gasteiger partial charge in [0, 0.05) is 34.1 Å². The van der Waals surface area contributed by atoms with E-state index in [1.807, 2.05) is 0 Å². The van der Waals surface area contributed by atoms with Crippen LogP contribution in [0.3, 0.4) is 0 Å². The number of hydrogen-bond acceptors (Lipinski definition) is 3. The maximum Gasteiger partial charge on any atom is 0.139 e. The molecule has 0 saturated carbocycles. The van der Waals surface area contributed by atoms with Crippen LogP contribution in [0.2, 0.25) is 0 Å². The summed E-state index contributed by atoms with van der Waals surface area (Å²) in [5.41, 5.74) is 12.6. The van der Waals surface area contributed by atoms with Crippen LogP contribution < -0.4 is 9.80 Å². The van der Waals surface area contributed by atoms with E-state index in [1.165, 1.54) is 16.5 Å². The van der Waals surface area contributed by atoms with Gasteiger partial charge in [0.05, 0.1) is 22.4 Å². The number of rotatable bonds is 8. The van der Waals surface area contributed by atoms with E-state index in [2.05, 4.69) is 228 Å². The first kappa shape index (κ1) is 32.3. The number of anilines is 6. The van der Waals surface area contributed by atoms with Gasteiger partial charge in [0.1, 0.15) is 11.2 Å². The SMILES string of the molecule is c1ccc(-c2ccc(N(c3ccccc3)c3cc(N(c4ccccc4)c4ccccc4-c4ccccc4)cc4oc5ccc6ccccc6c5c34)cc2)cc1. The smallest absolute Gasteiger partial charge is 0.139 e. The van der Waals surface area contributed by atoms with Crippen molar-refractivity contribution in [2.75, 3.05) is 9.80 Å². The van der Waals surface area contributed by atoms with E-state index in [-0.39, 0.29) is 0 Å². The van der Waals surface area contributed by atoms with E-state index >= 15 is 0 Å². The van der Waals surface area contributed by atoms with Crippen molar-refractivity contribution in [1.29, 1.82) is 0 Å². The van der Waals surface area contributed by atoms with Gasteiger partial charge in [-0.3, -0.25) is 0 Å². The Hall–Kier alpha value is -7.36. The topological polar surface area (TPSA) is 19.6 Å². The molecule has 3 heteroatoms. The van der Waals surface area contributed by atoms with Crippen molar-refractivity contribution in [3.8, 4) is 22.3 Å². The second kappa shape index (κ2) is 13.9. The monoisotopic (exact) mass is 704 g/mol. The first-order valence-corrected chi connectivity index (χ1v) is 18.7. The van der Waals surface area contributed by atoms with Crippen LogP contribution in [-0.4, -0.2) is 0 Å². The maximum atomic E-state index is 6.92. The van der Waals surface area contributed by atoms with Crippen molar-refractivity contribution < 1.29 is 4.42 Å². The first-order valence-electron chi connectivity index (χ1n) is 18.7. The molecule has 0 saturated heterocycles. The van der Waals surface area contributed by atoms with Crippen molar-refractivity contribution in [2.45, 2.75) is 0 Å². The molecule has 0 atom stereocenters. The summed E-state index contributed by atoms with van der Waals surface area (Å²) < 4.78 is 6.92. The van der Waals surface area contributed by atoms with Gasteiger partial charge in [-0.15, -0.1) is 0 Å². The van der Waals surface area contributed by atoms with E-state index in [0.29, 0.717) is 0 Å². The minimum absolute atomic E-state index is 0.818. The number of furan rings is 1. The average molecular weight is 705 g/mol. The largest absolute Gasteiger partial charge is 0.456 e. The van der Waals surface area contributed by atoms with Crippen LogP contribution in [-0.2, 0) is 0 Å². The Bertz CT molecular complexity index is 2900. The normalized spacial score (nSPS) is 11.3. The van der Waals surface area contributed by atoms with Gasteiger partial charge in [-0.25, -0.2) is 0 Å². The molecule has 0 aliphatic rings. The number of nitrogens with zero attached hydrogens (tertiary/aromatic N) is 2. The second-order valence-corrected chi connectivity index (χ2v) is 13.7. The van der Waals surface area contributed by atoms with E-state index in [4.69, 9.17) is 4.42 Å². The lowest BCUT2D eigenvalue weighted by molar-refractivity contribution is 0.669. The lowest BCUT2D eigenvalue weighted by Gasteiger charge is -2.31. The number of hydrogen-bond donors (Lipinski definition) is 0. The Balaban J connectivity index is 1.29. The van der Waals surface area contributed by atoms with Gasteiger partial charge < -0.3 is 14.2 Å². The van der Waals surface area contributed by atoms with E-state index in [0.717, 1.165) is 72.6 Å². The molecule has 0 aliphatic carbocycles. The zero-order valence-electron chi connectivity index (χ0n) is 30.1. The minimum Gasteiger partial charge on any atom is -0.456 e. The van der Waals surface area contributed by atoms with Gasteiger partial charge in [0.15, 0.2) is 0 Å². The Morgan fingerprint density at radius 3 is 1.53 bits per heavy atom. The molecule has 0 N–H and O–H groups in total. The van der Waals surface area contributed by atoms with E-state index in [9.17, 15) is 0 Å². The molecule has 10 aromatic rings. The molecule has 55 heavy (non-hydrogen) atoms. The Morgan fingerprint density at radius 2 is 0.836 bits per heavy atom. The van der Waals surface area contributed by atoms with Crippen LogP contribution in [0, 0.1) is 0 Å². The fourth-order valence-electron chi connectivity index (χ4n) is 7.91. The molecule has 0 amide bonds. The van der Waals surface area contributed by atoms with Gasteiger partial charge >= 0.3 is 0 Å². The molecule has 260 valence electrons. The van der Waals surface area contributed by atoms with E-state index < -0.39 is 0 Å². The molecule has 10 rings (SSSR count). The molecular formula is C52H36N2O. The summed E-state index contributed by atoms with van der Waals surface area (Å²) in [6, 6.07) is 77.4. The van der Waals surface area contributed by atoms with Crippen LogP contribution in [0.1, 0.15) is 0 Å². The molecular weight excluding hydrogens is 669 g/mol. The van der Waals surface area contributed by atoms with Crippen LogP contribution in [0.25, 0.3) is 55.0 Å². The second-order valence-electron chi connectivity index (χ2n) is 13.7. The summed E-state index contributed by atoms with van der Waals surface area (Å²) in [7, 11) is 0. The number of fused-ring (bicyclic) bond motifs is 5. The van der Waals surface area contributed by atoms with Crippen molar-refractivity contribution >= 4 is 66.8 Å². The molecule has 1 aromatic heterocycles. The third kappa shape index (κ3) is 5.89. The van der Waals surface area contributed by atoms with Crippen molar-refractivity contribution in [3.05, 3.63) is 218 Å². The standard InChI is InChI=1S/C52H36N2O/c1-5-17-37(18-6-1)38-29-32-43(33-30-38)53(41-22-9-3-10-23-41)48-35-44(36-50-52(48)51-46-27-14-13-21-40(46)31-34-49(51)55-50)54(42-24-11-4-12-25-42)47-28-16-15-26-45(47)39-19-7-2-8-20-39/h1-36H. The minimum atomic E-state index is 0.818. The van der Waals surface area contributed by atoms with Crippen LogP contribution in [0.5, 0.6) is 0 Å². The lowest BCUT2D eigenvalue weighted by atomic mass is 9.99. The van der Waals surface area contributed by atoms with Crippen molar-refractivity contribution in [3.63, 3.8) is 0 Å².